The molecule has 0 unspecified atom stereocenters. The van der Waals surface area contributed by atoms with Crippen LogP contribution in [0.25, 0.3) is 0 Å². The van der Waals surface area contributed by atoms with Gasteiger partial charge in [0.05, 0.1) is 5.92 Å². The minimum Gasteiger partial charge on any atom is -0.353 e. The number of nitrogens with zero attached hydrogens (tertiary/aromatic N) is 1. The maximum atomic E-state index is 12.1. The molecule has 2 amide bonds. The van der Waals surface area contributed by atoms with Gasteiger partial charge in [-0.3, -0.25) is 9.59 Å². The van der Waals surface area contributed by atoms with Gasteiger partial charge in [0.1, 0.15) is 0 Å². The summed E-state index contributed by atoms with van der Waals surface area (Å²) in [5.74, 6) is -0.357. The third-order valence-electron chi connectivity index (χ3n) is 3.62. The van der Waals surface area contributed by atoms with Crippen LogP contribution in [0.1, 0.15) is 26.7 Å². The summed E-state index contributed by atoms with van der Waals surface area (Å²) >= 11 is 5.94. The highest BCUT2D eigenvalue weighted by Gasteiger charge is 2.35. The lowest BCUT2D eigenvalue weighted by atomic mass is 10.1. The van der Waals surface area contributed by atoms with Crippen molar-refractivity contribution in [1.29, 1.82) is 0 Å². The molecule has 1 aromatic carbocycles. The van der Waals surface area contributed by atoms with Gasteiger partial charge in [-0.1, -0.05) is 24.6 Å². The van der Waals surface area contributed by atoms with Crippen LogP contribution in [0.2, 0.25) is 5.02 Å². The standard InChI is InChI=1S/C15H19ClN2O2/c1-3-10(2)17-15(20)11-7-14(19)18(9-11)13-6-4-5-12(16)8-13/h4-6,8,10-11H,3,7,9H2,1-2H3,(H,17,20)/t10-,11-/m1/s1. The molecular formula is C15H19ClN2O2. The fraction of sp³-hybridized carbons (Fsp3) is 0.467. The lowest BCUT2D eigenvalue weighted by molar-refractivity contribution is -0.126. The largest absolute Gasteiger partial charge is 0.353 e. The molecule has 1 heterocycles. The van der Waals surface area contributed by atoms with Gasteiger partial charge in [0.25, 0.3) is 0 Å². The topological polar surface area (TPSA) is 49.4 Å². The van der Waals surface area contributed by atoms with E-state index in [0.29, 0.717) is 11.6 Å². The predicted octanol–water partition coefficient (Wildman–Crippen LogP) is 2.61. The molecule has 2 atom stereocenters. The Bertz CT molecular complexity index is 518. The highest BCUT2D eigenvalue weighted by Crippen LogP contribution is 2.27. The first-order chi connectivity index (χ1) is 9.51. The Morgan fingerprint density at radius 1 is 1.55 bits per heavy atom. The highest BCUT2D eigenvalue weighted by molar-refractivity contribution is 6.30. The molecule has 20 heavy (non-hydrogen) atoms. The van der Waals surface area contributed by atoms with Crippen molar-refractivity contribution in [3.8, 4) is 0 Å². The zero-order valence-electron chi connectivity index (χ0n) is 11.7. The predicted molar refractivity (Wildman–Crippen MR) is 79.8 cm³/mol. The number of carbonyl (C=O) groups excluding carboxylic acids is 2. The minimum absolute atomic E-state index is 0.0310. The van der Waals surface area contributed by atoms with Crippen LogP contribution in [0.5, 0.6) is 0 Å². The molecule has 1 saturated heterocycles. The number of hydrogen-bond donors (Lipinski definition) is 1. The first-order valence-electron chi connectivity index (χ1n) is 6.87. The van der Waals surface area contributed by atoms with Gasteiger partial charge in [0.15, 0.2) is 0 Å². The number of amides is 2. The first-order valence-corrected chi connectivity index (χ1v) is 7.25. The van der Waals surface area contributed by atoms with E-state index >= 15 is 0 Å². The number of carbonyl (C=O) groups is 2. The number of benzene rings is 1. The van der Waals surface area contributed by atoms with Gasteiger partial charge >= 0.3 is 0 Å². The van der Waals surface area contributed by atoms with Crippen LogP contribution in [0.15, 0.2) is 24.3 Å². The Labute approximate surface area is 124 Å². The summed E-state index contributed by atoms with van der Waals surface area (Å²) in [5, 5.41) is 3.52. The van der Waals surface area contributed by atoms with E-state index in [1.54, 1.807) is 23.1 Å². The Balaban J connectivity index is 2.05. The van der Waals surface area contributed by atoms with Gasteiger partial charge in [-0.25, -0.2) is 0 Å². The van der Waals surface area contributed by atoms with Crippen molar-refractivity contribution >= 4 is 29.1 Å². The third kappa shape index (κ3) is 3.31. The van der Waals surface area contributed by atoms with Crippen LogP contribution >= 0.6 is 11.6 Å². The smallest absolute Gasteiger partial charge is 0.227 e. The summed E-state index contributed by atoms with van der Waals surface area (Å²) < 4.78 is 0. The summed E-state index contributed by atoms with van der Waals surface area (Å²) in [7, 11) is 0. The molecule has 1 aliphatic rings. The molecule has 4 nitrogen and oxygen atoms in total. The third-order valence-corrected chi connectivity index (χ3v) is 3.85. The number of halogens is 1. The molecule has 1 N–H and O–H groups in total. The van der Waals surface area contributed by atoms with Crippen molar-refractivity contribution in [3.05, 3.63) is 29.3 Å². The van der Waals surface area contributed by atoms with E-state index in [0.717, 1.165) is 12.1 Å². The lowest BCUT2D eigenvalue weighted by Crippen LogP contribution is -2.38. The Morgan fingerprint density at radius 2 is 2.30 bits per heavy atom. The van der Waals surface area contributed by atoms with Gasteiger partial charge in [-0.15, -0.1) is 0 Å². The fourth-order valence-electron chi connectivity index (χ4n) is 2.24. The van der Waals surface area contributed by atoms with E-state index in [2.05, 4.69) is 5.32 Å². The van der Waals surface area contributed by atoms with Gasteiger partial charge in [-0.2, -0.15) is 0 Å². The minimum atomic E-state index is -0.282. The van der Waals surface area contributed by atoms with Crippen LogP contribution in [0, 0.1) is 5.92 Å². The number of anilines is 1. The molecule has 2 rings (SSSR count). The van der Waals surface area contributed by atoms with Gasteiger partial charge < -0.3 is 10.2 Å². The summed E-state index contributed by atoms with van der Waals surface area (Å²) in [6, 6.07) is 7.28. The van der Waals surface area contributed by atoms with Crippen molar-refractivity contribution in [3.63, 3.8) is 0 Å². The maximum Gasteiger partial charge on any atom is 0.227 e. The highest BCUT2D eigenvalue weighted by atomic mass is 35.5. The van der Waals surface area contributed by atoms with E-state index in [1.165, 1.54) is 0 Å². The van der Waals surface area contributed by atoms with E-state index in [1.807, 2.05) is 19.9 Å². The molecule has 1 aromatic rings. The number of nitrogens with one attached hydrogen (secondary N) is 1. The van der Waals surface area contributed by atoms with Crippen LogP contribution in [0.3, 0.4) is 0 Å². The molecule has 108 valence electrons. The Kier molecular flexibility index (Phi) is 4.65. The molecule has 0 aliphatic carbocycles. The summed E-state index contributed by atoms with van der Waals surface area (Å²) in [6.45, 7) is 4.40. The summed E-state index contributed by atoms with van der Waals surface area (Å²) in [5.41, 5.74) is 0.751. The maximum absolute atomic E-state index is 12.1. The molecular weight excluding hydrogens is 276 g/mol. The lowest BCUT2D eigenvalue weighted by Gasteiger charge is -2.18. The molecule has 0 bridgehead atoms. The van der Waals surface area contributed by atoms with Crippen molar-refractivity contribution < 1.29 is 9.59 Å². The number of hydrogen-bond acceptors (Lipinski definition) is 2. The van der Waals surface area contributed by atoms with Crippen molar-refractivity contribution in [2.24, 2.45) is 5.92 Å². The zero-order chi connectivity index (χ0) is 14.7. The molecule has 5 heteroatoms. The molecule has 0 aromatic heterocycles. The Hall–Kier alpha value is -1.55. The number of rotatable bonds is 4. The van der Waals surface area contributed by atoms with Gasteiger partial charge in [0.2, 0.25) is 11.8 Å². The molecule has 0 spiro atoms. The van der Waals surface area contributed by atoms with Crippen molar-refractivity contribution in [2.75, 3.05) is 11.4 Å². The first kappa shape index (κ1) is 14.9. The second-order valence-corrected chi connectivity index (χ2v) is 5.64. The van der Waals surface area contributed by atoms with E-state index in [-0.39, 0.29) is 30.2 Å². The van der Waals surface area contributed by atoms with Crippen LogP contribution in [0.4, 0.5) is 5.69 Å². The van der Waals surface area contributed by atoms with Gasteiger partial charge in [-0.05, 0) is 31.5 Å². The molecule has 1 aliphatic heterocycles. The van der Waals surface area contributed by atoms with Crippen molar-refractivity contribution in [1.82, 2.24) is 5.32 Å². The summed E-state index contributed by atoms with van der Waals surface area (Å²) in [6.07, 6.45) is 1.14. The average Bonchev–Trinajstić information content (AvgIpc) is 2.80. The average molecular weight is 295 g/mol. The monoisotopic (exact) mass is 294 g/mol. The van der Waals surface area contributed by atoms with Gasteiger partial charge in [0, 0.05) is 29.7 Å². The normalized spacial score (nSPS) is 20.1. The second-order valence-electron chi connectivity index (χ2n) is 5.20. The fourth-order valence-corrected chi connectivity index (χ4v) is 2.42. The van der Waals surface area contributed by atoms with E-state index in [9.17, 15) is 9.59 Å². The van der Waals surface area contributed by atoms with E-state index in [4.69, 9.17) is 11.6 Å². The second kappa shape index (κ2) is 6.27. The molecule has 0 radical (unpaired) electrons. The zero-order valence-corrected chi connectivity index (χ0v) is 12.5. The van der Waals surface area contributed by atoms with E-state index < -0.39 is 0 Å². The van der Waals surface area contributed by atoms with Crippen LogP contribution in [-0.2, 0) is 9.59 Å². The quantitative estimate of drug-likeness (QED) is 0.928. The molecule has 0 saturated carbocycles. The van der Waals surface area contributed by atoms with Crippen LogP contribution in [-0.4, -0.2) is 24.4 Å². The Morgan fingerprint density at radius 3 is 2.95 bits per heavy atom. The SMILES string of the molecule is CC[C@@H](C)NC(=O)[C@@H]1CC(=O)N(c2cccc(Cl)c2)C1. The van der Waals surface area contributed by atoms with Crippen molar-refractivity contribution in [2.45, 2.75) is 32.7 Å². The van der Waals surface area contributed by atoms with Crippen LogP contribution < -0.4 is 10.2 Å². The summed E-state index contributed by atoms with van der Waals surface area (Å²) in [4.78, 5) is 25.8. The molecule has 1 fully saturated rings.